The summed E-state index contributed by atoms with van der Waals surface area (Å²) >= 11 is 0. The van der Waals surface area contributed by atoms with Gasteiger partial charge in [-0.1, -0.05) is 0 Å². The first kappa shape index (κ1) is 14.0. The van der Waals surface area contributed by atoms with Gasteiger partial charge in [0.25, 0.3) is 0 Å². The number of rotatable bonds is 1. The number of hydrogen-bond donors (Lipinski definition) is 0. The van der Waals surface area contributed by atoms with E-state index in [0.717, 1.165) is 29.9 Å². The number of nitrogens with zero attached hydrogens (tertiary/aromatic N) is 2. The monoisotopic (exact) mass is 294 g/mol. The second-order valence-electron chi connectivity index (χ2n) is 5.58. The van der Waals surface area contributed by atoms with Crippen molar-refractivity contribution >= 4 is 17.5 Å². The van der Waals surface area contributed by atoms with E-state index in [4.69, 9.17) is 0 Å². The smallest absolute Gasteiger partial charge is 0.250 e. The van der Waals surface area contributed by atoms with Gasteiger partial charge >= 0.3 is 0 Å². The number of piperazine rings is 1. The molecule has 21 heavy (non-hydrogen) atoms. The lowest BCUT2D eigenvalue weighted by molar-refractivity contribution is -0.144. The number of anilines is 1. The Balaban J connectivity index is 1.97. The fourth-order valence-corrected chi connectivity index (χ4v) is 3.02. The zero-order valence-electron chi connectivity index (χ0n) is 11.7. The third-order valence-corrected chi connectivity index (χ3v) is 4.19. The number of hydrogen-bond acceptors (Lipinski definition) is 2. The van der Waals surface area contributed by atoms with Gasteiger partial charge in [-0.05, 0) is 37.8 Å². The Bertz CT molecular complexity index is 618. The van der Waals surface area contributed by atoms with E-state index in [9.17, 15) is 18.4 Å². The Kier molecular flexibility index (Phi) is 3.39. The predicted octanol–water partition coefficient (Wildman–Crippen LogP) is 2.00. The molecule has 3 rings (SSSR count). The van der Waals surface area contributed by atoms with E-state index in [0.29, 0.717) is 13.0 Å². The van der Waals surface area contributed by atoms with Crippen molar-refractivity contribution in [2.75, 3.05) is 18.0 Å². The number of benzene rings is 1. The van der Waals surface area contributed by atoms with Crippen LogP contribution in [0.1, 0.15) is 24.8 Å². The highest BCUT2D eigenvalue weighted by Crippen LogP contribution is 2.29. The first-order valence-electron chi connectivity index (χ1n) is 7.05. The summed E-state index contributed by atoms with van der Waals surface area (Å²) in [5.41, 5.74) is 0.0213. The summed E-state index contributed by atoms with van der Waals surface area (Å²) in [7, 11) is 0. The summed E-state index contributed by atoms with van der Waals surface area (Å²) < 4.78 is 27.7. The van der Waals surface area contributed by atoms with Crippen LogP contribution in [0.25, 0.3) is 0 Å². The van der Waals surface area contributed by atoms with Gasteiger partial charge in [0.05, 0.1) is 5.69 Å². The molecule has 4 nitrogen and oxygen atoms in total. The summed E-state index contributed by atoms with van der Waals surface area (Å²) in [6.45, 7) is 1.79. The number of carbonyl (C=O) groups is 2. The van der Waals surface area contributed by atoms with Crippen LogP contribution in [0.4, 0.5) is 14.5 Å². The zero-order valence-corrected chi connectivity index (χ0v) is 11.7. The Hall–Kier alpha value is -1.98. The molecule has 0 N–H and O–H groups in total. The average Bonchev–Trinajstić information content (AvgIpc) is 2.47. The molecular formula is C15H16F2N2O2. The highest BCUT2D eigenvalue weighted by atomic mass is 19.1. The molecule has 0 bridgehead atoms. The number of piperidine rings is 1. The van der Waals surface area contributed by atoms with Gasteiger partial charge in [-0.25, -0.2) is 8.78 Å². The molecule has 2 saturated heterocycles. The van der Waals surface area contributed by atoms with Crippen LogP contribution < -0.4 is 4.90 Å². The minimum Gasteiger partial charge on any atom is -0.329 e. The first-order valence-corrected chi connectivity index (χ1v) is 7.05. The molecule has 2 aliphatic rings. The highest BCUT2D eigenvalue weighted by molar-refractivity contribution is 6.06. The minimum atomic E-state index is -0.681. The van der Waals surface area contributed by atoms with E-state index < -0.39 is 17.7 Å². The quantitative estimate of drug-likeness (QED) is 0.795. The lowest BCUT2D eigenvalue weighted by Gasteiger charge is -2.42. The van der Waals surface area contributed by atoms with Crippen LogP contribution in [-0.2, 0) is 9.59 Å². The van der Waals surface area contributed by atoms with Crippen LogP contribution >= 0.6 is 0 Å². The van der Waals surface area contributed by atoms with Crippen LogP contribution in [-0.4, -0.2) is 35.8 Å². The minimum absolute atomic E-state index is 0.151. The maximum Gasteiger partial charge on any atom is 0.250 e. The van der Waals surface area contributed by atoms with Crippen LogP contribution in [0.3, 0.4) is 0 Å². The molecule has 2 heterocycles. The molecule has 0 aromatic heterocycles. The number of aryl methyl sites for hydroxylation is 1. The van der Waals surface area contributed by atoms with Gasteiger partial charge in [-0.3, -0.25) is 14.5 Å². The van der Waals surface area contributed by atoms with Crippen molar-refractivity contribution in [2.45, 2.75) is 32.2 Å². The Labute approximate surface area is 121 Å². The SMILES string of the molecule is Cc1cc(F)c(N2CC(=O)N3CCCCC3C2=O)cc1F. The number of fused-ring (bicyclic) bond motifs is 1. The van der Waals surface area contributed by atoms with Crippen molar-refractivity contribution in [2.24, 2.45) is 0 Å². The lowest BCUT2D eigenvalue weighted by atomic mass is 9.98. The van der Waals surface area contributed by atoms with E-state index in [2.05, 4.69) is 0 Å². The molecule has 6 heteroatoms. The molecular weight excluding hydrogens is 278 g/mol. The van der Waals surface area contributed by atoms with Crippen LogP contribution in [0.2, 0.25) is 0 Å². The van der Waals surface area contributed by atoms with Crippen LogP contribution in [0.15, 0.2) is 12.1 Å². The zero-order chi connectivity index (χ0) is 15.1. The van der Waals surface area contributed by atoms with Gasteiger partial charge in [0.15, 0.2) is 0 Å². The number of halogens is 2. The van der Waals surface area contributed by atoms with E-state index in [1.54, 1.807) is 4.90 Å². The average molecular weight is 294 g/mol. The molecule has 0 spiro atoms. The molecule has 1 atom stereocenters. The Morgan fingerprint density at radius 3 is 2.67 bits per heavy atom. The highest BCUT2D eigenvalue weighted by Gasteiger charge is 2.41. The van der Waals surface area contributed by atoms with Gasteiger partial charge < -0.3 is 4.90 Å². The predicted molar refractivity (Wildman–Crippen MR) is 72.8 cm³/mol. The van der Waals surface area contributed by atoms with Crippen molar-refractivity contribution in [1.82, 2.24) is 4.90 Å². The molecule has 0 saturated carbocycles. The molecule has 1 aromatic rings. The van der Waals surface area contributed by atoms with Gasteiger partial charge in [0.2, 0.25) is 11.8 Å². The number of carbonyl (C=O) groups excluding carboxylic acids is 2. The maximum atomic E-state index is 14.1. The second-order valence-corrected chi connectivity index (χ2v) is 5.58. The lowest BCUT2D eigenvalue weighted by Crippen LogP contribution is -2.61. The van der Waals surface area contributed by atoms with Gasteiger partial charge in [0.1, 0.15) is 24.2 Å². The Morgan fingerprint density at radius 2 is 1.90 bits per heavy atom. The summed E-state index contributed by atoms with van der Waals surface area (Å²) in [5.74, 6) is -1.80. The van der Waals surface area contributed by atoms with Crippen molar-refractivity contribution in [3.05, 3.63) is 29.3 Å². The largest absolute Gasteiger partial charge is 0.329 e. The van der Waals surface area contributed by atoms with E-state index >= 15 is 0 Å². The fourth-order valence-electron chi connectivity index (χ4n) is 3.02. The molecule has 1 aromatic carbocycles. The van der Waals surface area contributed by atoms with Crippen molar-refractivity contribution in [3.63, 3.8) is 0 Å². The molecule has 0 aliphatic carbocycles. The standard InChI is InChI=1S/C15H16F2N2O2/c1-9-6-11(17)13(7-10(9)16)19-8-14(20)18-5-3-2-4-12(18)15(19)21/h6-7,12H,2-5,8H2,1H3. The molecule has 2 amide bonds. The van der Waals surface area contributed by atoms with E-state index in [-0.39, 0.29) is 29.6 Å². The molecule has 2 fully saturated rings. The van der Waals surface area contributed by atoms with Crippen LogP contribution in [0, 0.1) is 18.6 Å². The normalized spacial score (nSPS) is 22.5. The van der Waals surface area contributed by atoms with Crippen molar-refractivity contribution < 1.29 is 18.4 Å². The van der Waals surface area contributed by atoms with Gasteiger partial charge in [-0.15, -0.1) is 0 Å². The van der Waals surface area contributed by atoms with Crippen molar-refractivity contribution in [3.8, 4) is 0 Å². The fraction of sp³-hybridized carbons (Fsp3) is 0.467. The molecule has 2 aliphatic heterocycles. The number of amides is 2. The molecule has 1 unspecified atom stereocenters. The summed E-state index contributed by atoms with van der Waals surface area (Å²) in [5, 5.41) is 0. The Morgan fingerprint density at radius 1 is 1.14 bits per heavy atom. The van der Waals surface area contributed by atoms with Crippen molar-refractivity contribution in [1.29, 1.82) is 0 Å². The maximum absolute atomic E-state index is 14.1. The van der Waals surface area contributed by atoms with Gasteiger partial charge in [-0.2, -0.15) is 0 Å². The third-order valence-electron chi connectivity index (χ3n) is 4.19. The first-order chi connectivity index (χ1) is 9.99. The summed E-state index contributed by atoms with van der Waals surface area (Å²) in [4.78, 5) is 27.3. The second kappa shape index (κ2) is 5.09. The topological polar surface area (TPSA) is 40.6 Å². The third kappa shape index (κ3) is 2.28. The van der Waals surface area contributed by atoms with Crippen LogP contribution in [0.5, 0.6) is 0 Å². The molecule has 112 valence electrons. The van der Waals surface area contributed by atoms with E-state index in [1.165, 1.54) is 6.92 Å². The summed E-state index contributed by atoms with van der Waals surface area (Å²) in [6.07, 6.45) is 2.32. The van der Waals surface area contributed by atoms with Gasteiger partial charge in [0, 0.05) is 12.6 Å². The summed E-state index contributed by atoms with van der Waals surface area (Å²) in [6, 6.07) is 1.51. The molecule has 0 radical (unpaired) electrons. The van der Waals surface area contributed by atoms with E-state index in [1.807, 2.05) is 0 Å².